The Kier molecular flexibility index (Phi) is 5.89. The van der Waals surface area contributed by atoms with Crippen LogP contribution in [0.1, 0.15) is 24.0 Å². The second-order valence-corrected chi connectivity index (χ2v) is 11.3. The van der Waals surface area contributed by atoms with E-state index in [9.17, 15) is 8.42 Å². The lowest BCUT2D eigenvalue weighted by Gasteiger charge is -2.25. The predicted octanol–water partition coefficient (Wildman–Crippen LogP) is 4.78. The van der Waals surface area contributed by atoms with E-state index in [2.05, 4.69) is 53.4 Å². The zero-order valence-electron chi connectivity index (χ0n) is 18.4. The Labute approximate surface area is 191 Å². The molecule has 1 unspecified atom stereocenters. The molecule has 2 fully saturated rings. The van der Waals surface area contributed by atoms with Crippen LogP contribution < -0.4 is 0 Å². The lowest BCUT2D eigenvalue weighted by Crippen LogP contribution is -2.34. The van der Waals surface area contributed by atoms with Crippen LogP contribution in [0, 0.1) is 5.41 Å². The van der Waals surface area contributed by atoms with E-state index in [0.29, 0.717) is 13.1 Å². The third-order valence-corrected chi connectivity index (χ3v) is 8.77. The van der Waals surface area contributed by atoms with Crippen molar-refractivity contribution >= 4 is 10.0 Å². The maximum atomic E-state index is 13.0. The normalized spacial score (nSPS) is 22.0. The lowest BCUT2D eigenvalue weighted by molar-refractivity contribution is 0.260. The molecule has 0 aliphatic carbocycles. The Morgan fingerprint density at radius 2 is 1.31 bits per heavy atom. The van der Waals surface area contributed by atoms with E-state index in [0.717, 1.165) is 38.0 Å². The smallest absolute Gasteiger partial charge is 0.218 e. The van der Waals surface area contributed by atoms with E-state index in [1.54, 1.807) is 4.31 Å². The molecular formula is C27H30N2O2S. The van der Waals surface area contributed by atoms with Gasteiger partial charge in [0.25, 0.3) is 0 Å². The molecule has 32 heavy (non-hydrogen) atoms. The predicted molar refractivity (Wildman–Crippen MR) is 129 cm³/mol. The summed E-state index contributed by atoms with van der Waals surface area (Å²) in [5.41, 5.74) is 4.76. The van der Waals surface area contributed by atoms with Crippen molar-refractivity contribution in [2.45, 2.75) is 25.1 Å². The molecule has 1 spiro atoms. The van der Waals surface area contributed by atoms with Gasteiger partial charge in [0.05, 0.1) is 5.75 Å². The van der Waals surface area contributed by atoms with Crippen LogP contribution in [-0.4, -0.2) is 43.8 Å². The highest BCUT2D eigenvalue weighted by Gasteiger charge is 2.46. The third kappa shape index (κ3) is 4.65. The molecule has 1 atom stereocenters. The minimum Gasteiger partial charge on any atom is -0.298 e. The first kappa shape index (κ1) is 21.4. The molecule has 2 aliphatic heterocycles. The molecule has 0 amide bonds. The first-order chi connectivity index (χ1) is 15.5. The van der Waals surface area contributed by atoms with E-state index in [-0.39, 0.29) is 11.2 Å². The van der Waals surface area contributed by atoms with Crippen LogP contribution >= 0.6 is 0 Å². The quantitative estimate of drug-likeness (QED) is 0.547. The average Bonchev–Trinajstić information content (AvgIpc) is 3.42. The fourth-order valence-electron chi connectivity index (χ4n) is 5.19. The molecule has 2 aliphatic rings. The number of hydrogen-bond donors (Lipinski definition) is 0. The summed E-state index contributed by atoms with van der Waals surface area (Å²) in [6, 6.07) is 28.8. The van der Waals surface area contributed by atoms with Gasteiger partial charge in [-0.2, -0.15) is 0 Å². The second-order valence-electron chi connectivity index (χ2n) is 9.35. The molecule has 0 bridgehead atoms. The van der Waals surface area contributed by atoms with Gasteiger partial charge in [0, 0.05) is 26.2 Å². The largest absolute Gasteiger partial charge is 0.298 e. The van der Waals surface area contributed by atoms with Gasteiger partial charge < -0.3 is 0 Å². The Balaban J connectivity index is 1.19. The molecule has 166 valence electrons. The second kappa shape index (κ2) is 8.81. The number of hydrogen-bond acceptors (Lipinski definition) is 3. The molecule has 2 saturated heterocycles. The first-order valence-corrected chi connectivity index (χ1v) is 13.0. The fourth-order valence-corrected chi connectivity index (χ4v) is 6.83. The Morgan fingerprint density at radius 1 is 0.688 bits per heavy atom. The van der Waals surface area contributed by atoms with Crippen LogP contribution in [0.15, 0.2) is 84.9 Å². The molecule has 5 rings (SSSR count). The number of sulfonamides is 1. The number of benzene rings is 3. The molecule has 2 heterocycles. The van der Waals surface area contributed by atoms with Gasteiger partial charge in [-0.05, 0) is 47.1 Å². The van der Waals surface area contributed by atoms with Crippen molar-refractivity contribution in [3.63, 3.8) is 0 Å². The lowest BCUT2D eigenvalue weighted by atomic mass is 9.86. The minimum atomic E-state index is -3.27. The summed E-state index contributed by atoms with van der Waals surface area (Å²) in [6.45, 7) is 4.24. The monoisotopic (exact) mass is 446 g/mol. The topological polar surface area (TPSA) is 40.6 Å². The van der Waals surface area contributed by atoms with Gasteiger partial charge in [0.2, 0.25) is 10.0 Å². The van der Waals surface area contributed by atoms with Crippen LogP contribution in [0.3, 0.4) is 0 Å². The van der Waals surface area contributed by atoms with Crippen molar-refractivity contribution in [3.05, 3.63) is 96.1 Å². The molecule has 3 aromatic rings. The minimum absolute atomic E-state index is 0.0986. The van der Waals surface area contributed by atoms with Crippen molar-refractivity contribution in [2.24, 2.45) is 5.41 Å². The van der Waals surface area contributed by atoms with E-state index in [4.69, 9.17) is 0 Å². The summed E-state index contributed by atoms with van der Waals surface area (Å²) in [4.78, 5) is 2.49. The molecular weight excluding hydrogens is 416 g/mol. The highest BCUT2D eigenvalue weighted by Crippen LogP contribution is 2.41. The molecule has 5 heteroatoms. The van der Waals surface area contributed by atoms with Crippen molar-refractivity contribution in [2.75, 3.05) is 26.2 Å². The van der Waals surface area contributed by atoms with Gasteiger partial charge in [-0.3, -0.25) is 4.90 Å². The Morgan fingerprint density at radius 3 is 2.03 bits per heavy atom. The number of likely N-dealkylation sites (tertiary alicyclic amines) is 1. The van der Waals surface area contributed by atoms with Crippen molar-refractivity contribution in [1.29, 1.82) is 0 Å². The SMILES string of the molecule is O=S(=O)(Cc1ccccc1)N1CCC2(CCN(Cc3ccc(-c4ccccc4)cc3)C2)C1. The summed E-state index contributed by atoms with van der Waals surface area (Å²) in [5.74, 6) is 0.0986. The molecule has 0 aromatic heterocycles. The van der Waals surface area contributed by atoms with Crippen LogP contribution in [-0.2, 0) is 22.3 Å². The van der Waals surface area contributed by atoms with Gasteiger partial charge in [-0.25, -0.2) is 12.7 Å². The van der Waals surface area contributed by atoms with Crippen LogP contribution in [0.5, 0.6) is 0 Å². The van der Waals surface area contributed by atoms with Gasteiger partial charge >= 0.3 is 0 Å². The van der Waals surface area contributed by atoms with E-state index in [1.165, 1.54) is 16.7 Å². The van der Waals surface area contributed by atoms with Gasteiger partial charge in [-0.15, -0.1) is 0 Å². The Hall–Kier alpha value is -2.47. The van der Waals surface area contributed by atoms with E-state index < -0.39 is 10.0 Å². The number of rotatable bonds is 6. The number of nitrogens with zero attached hydrogens (tertiary/aromatic N) is 2. The molecule has 4 nitrogen and oxygen atoms in total. The van der Waals surface area contributed by atoms with Crippen LogP contribution in [0.2, 0.25) is 0 Å². The fraction of sp³-hybridized carbons (Fsp3) is 0.333. The van der Waals surface area contributed by atoms with Crippen molar-refractivity contribution < 1.29 is 8.42 Å². The van der Waals surface area contributed by atoms with E-state index >= 15 is 0 Å². The summed E-state index contributed by atoms with van der Waals surface area (Å²) in [5, 5.41) is 0. The summed E-state index contributed by atoms with van der Waals surface area (Å²) in [6.07, 6.45) is 2.04. The van der Waals surface area contributed by atoms with Gasteiger partial charge in [0.15, 0.2) is 0 Å². The zero-order valence-corrected chi connectivity index (χ0v) is 19.2. The third-order valence-electron chi connectivity index (χ3n) is 6.97. The van der Waals surface area contributed by atoms with Crippen molar-refractivity contribution in [1.82, 2.24) is 9.21 Å². The molecule has 3 aromatic carbocycles. The molecule has 0 N–H and O–H groups in total. The standard InChI is InChI=1S/C27H30N2O2S/c30-32(31,20-24-7-3-1-4-8-24)29-18-16-27(22-29)15-17-28(21-27)19-23-11-13-26(14-12-23)25-9-5-2-6-10-25/h1-14H,15-22H2. The molecule has 0 radical (unpaired) electrons. The van der Waals surface area contributed by atoms with Gasteiger partial charge in [-0.1, -0.05) is 84.9 Å². The maximum Gasteiger partial charge on any atom is 0.218 e. The van der Waals surface area contributed by atoms with Crippen molar-refractivity contribution in [3.8, 4) is 11.1 Å². The zero-order chi connectivity index (χ0) is 22.0. The molecule has 0 saturated carbocycles. The van der Waals surface area contributed by atoms with Crippen LogP contribution in [0.25, 0.3) is 11.1 Å². The Bertz CT molecular complexity index is 1150. The average molecular weight is 447 g/mol. The summed E-state index contributed by atoms with van der Waals surface area (Å²) in [7, 11) is -3.27. The highest BCUT2D eigenvalue weighted by molar-refractivity contribution is 7.88. The van der Waals surface area contributed by atoms with Crippen LogP contribution in [0.4, 0.5) is 0 Å². The summed E-state index contributed by atoms with van der Waals surface area (Å²) >= 11 is 0. The summed E-state index contributed by atoms with van der Waals surface area (Å²) < 4.78 is 27.7. The van der Waals surface area contributed by atoms with E-state index in [1.807, 2.05) is 36.4 Å². The first-order valence-electron chi connectivity index (χ1n) is 11.4. The maximum absolute atomic E-state index is 13.0. The highest BCUT2D eigenvalue weighted by atomic mass is 32.2. The van der Waals surface area contributed by atoms with Gasteiger partial charge in [0.1, 0.15) is 0 Å².